The summed E-state index contributed by atoms with van der Waals surface area (Å²) in [4.78, 5) is 15.2. The second kappa shape index (κ2) is 9.93. The number of rotatable bonds is 10. The smallest absolute Gasteiger partial charge is 0.273 e. The zero-order chi connectivity index (χ0) is 25.3. The van der Waals surface area contributed by atoms with Gasteiger partial charge in [0.05, 0.1) is 22.9 Å². The van der Waals surface area contributed by atoms with E-state index >= 15 is 0 Å². The lowest BCUT2D eigenvalue weighted by Gasteiger charge is -2.38. The third kappa shape index (κ3) is 4.91. The second-order valence-electron chi connectivity index (χ2n) is 8.97. The number of nitrogens with one attached hydrogen (secondary N) is 2. The number of hydrogen-bond donors (Lipinski definition) is 2. The molecule has 0 saturated carbocycles. The lowest BCUT2D eigenvalue weighted by molar-refractivity contribution is 0.0895. The minimum atomic E-state index is -3.75. The molecule has 0 aliphatic carbocycles. The van der Waals surface area contributed by atoms with Crippen molar-refractivity contribution in [3.05, 3.63) is 35.2 Å². The van der Waals surface area contributed by atoms with Crippen LogP contribution in [0.2, 0.25) is 0 Å². The molecule has 1 aromatic carbocycles. The van der Waals surface area contributed by atoms with E-state index < -0.39 is 15.7 Å². The fourth-order valence-corrected chi connectivity index (χ4v) is 5.26. The highest BCUT2D eigenvalue weighted by molar-refractivity contribution is 7.89. The summed E-state index contributed by atoms with van der Waals surface area (Å²) in [5, 5.41) is 11.0. The number of anilines is 1. The Hall–Kier alpha value is -2.63. The number of likely N-dealkylation sites (N-methyl/N-ethyl adjacent to an activating group) is 2. The first-order valence-electron chi connectivity index (χ1n) is 11.5. The maximum Gasteiger partial charge on any atom is 0.273 e. The Morgan fingerprint density at radius 3 is 2.47 bits per heavy atom. The summed E-state index contributed by atoms with van der Waals surface area (Å²) in [5.74, 6) is 0.212. The molecule has 2 heterocycles. The molecule has 3 rings (SSSR count). The van der Waals surface area contributed by atoms with Crippen LogP contribution in [0.3, 0.4) is 0 Å². The van der Waals surface area contributed by atoms with Crippen LogP contribution in [0.25, 0.3) is 0 Å². The standard InChI is InChI=1S/C23H36N6O4S/c1-8-10-18-20-21(29(7)26-18)22(30)25-23(3,24-20)17-15-16(11-12-19(17)33-9-2)34(31,32)28(6)14-13-27(4)5/h11-12,15,24H,8-10,13-14H2,1-7H3,(H,25,30). The molecule has 0 radical (unpaired) electrons. The number of carbonyl (C=O) groups excluding carboxylic acids is 1. The first-order valence-corrected chi connectivity index (χ1v) is 12.9. The van der Waals surface area contributed by atoms with Gasteiger partial charge in [0, 0.05) is 32.7 Å². The van der Waals surface area contributed by atoms with E-state index in [1.807, 2.05) is 25.9 Å². The number of hydrogen-bond acceptors (Lipinski definition) is 7. The molecule has 188 valence electrons. The SMILES string of the molecule is CCCc1nn(C)c2c1NC(C)(c1cc(S(=O)(=O)N(C)CCN(C)C)ccc1OCC)NC2=O. The van der Waals surface area contributed by atoms with Crippen LogP contribution in [0.5, 0.6) is 5.75 Å². The third-order valence-electron chi connectivity index (χ3n) is 5.92. The quantitative estimate of drug-likeness (QED) is 0.522. The molecule has 0 fully saturated rings. The number of nitrogens with zero attached hydrogens (tertiary/aromatic N) is 4. The molecule has 10 nitrogen and oxygen atoms in total. The number of fused-ring (bicyclic) bond motifs is 1. The van der Waals surface area contributed by atoms with Crippen molar-refractivity contribution in [3.8, 4) is 5.75 Å². The third-order valence-corrected chi connectivity index (χ3v) is 7.77. The van der Waals surface area contributed by atoms with Crippen LogP contribution in [-0.4, -0.2) is 74.1 Å². The molecule has 1 atom stereocenters. The number of sulfonamides is 1. The largest absolute Gasteiger partial charge is 0.493 e. The van der Waals surface area contributed by atoms with Gasteiger partial charge in [0.25, 0.3) is 5.91 Å². The highest BCUT2D eigenvalue weighted by Crippen LogP contribution is 2.38. The topological polar surface area (TPSA) is 109 Å². The molecule has 0 bridgehead atoms. The van der Waals surface area contributed by atoms with E-state index in [1.165, 1.54) is 4.31 Å². The number of amides is 1. The molecule has 1 unspecified atom stereocenters. The van der Waals surface area contributed by atoms with Gasteiger partial charge in [-0.05, 0) is 52.6 Å². The van der Waals surface area contributed by atoms with Crippen molar-refractivity contribution in [2.75, 3.05) is 46.2 Å². The van der Waals surface area contributed by atoms with Gasteiger partial charge >= 0.3 is 0 Å². The normalized spacial score (nSPS) is 18.1. The van der Waals surface area contributed by atoms with Gasteiger partial charge in [0.2, 0.25) is 10.0 Å². The van der Waals surface area contributed by atoms with E-state index in [-0.39, 0.29) is 10.8 Å². The first kappa shape index (κ1) is 26.0. The van der Waals surface area contributed by atoms with Gasteiger partial charge in [-0.2, -0.15) is 9.40 Å². The van der Waals surface area contributed by atoms with Gasteiger partial charge in [-0.3, -0.25) is 9.48 Å². The van der Waals surface area contributed by atoms with E-state index in [9.17, 15) is 13.2 Å². The van der Waals surface area contributed by atoms with Crippen LogP contribution in [0.4, 0.5) is 5.69 Å². The average molecular weight is 493 g/mol. The number of carbonyl (C=O) groups is 1. The molecule has 1 amide bonds. The Labute approximate surface area is 202 Å². The Kier molecular flexibility index (Phi) is 7.59. The first-order chi connectivity index (χ1) is 15.9. The van der Waals surface area contributed by atoms with Gasteiger partial charge in [-0.1, -0.05) is 13.3 Å². The average Bonchev–Trinajstić information content (AvgIpc) is 3.07. The number of benzene rings is 1. The summed E-state index contributed by atoms with van der Waals surface area (Å²) in [6.45, 7) is 7.06. The van der Waals surface area contributed by atoms with Gasteiger partial charge < -0.3 is 20.3 Å². The molecular weight excluding hydrogens is 456 g/mol. The highest BCUT2D eigenvalue weighted by atomic mass is 32.2. The maximum absolute atomic E-state index is 13.3. The Morgan fingerprint density at radius 2 is 1.85 bits per heavy atom. The van der Waals surface area contributed by atoms with E-state index in [0.29, 0.717) is 48.8 Å². The molecule has 0 spiro atoms. The Bertz CT molecular complexity index is 1160. The number of ether oxygens (including phenoxy) is 1. The van der Waals surface area contributed by atoms with Crippen molar-refractivity contribution >= 4 is 21.6 Å². The van der Waals surface area contributed by atoms with Crippen LogP contribution < -0.4 is 15.4 Å². The summed E-state index contributed by atoms with van der Waals surface area (Å²) >= 11 is 0. The molecule has 1 aliphatic rings. The monoisotopic (exact) mass is 492 g/mol. The van der Waals surface area contributed by atoms with Crippen molar-refractivity contribution < 1.29 is 17.9 Å². The van der Waals surface area contributed by atoms with Crippen molar-refractivity contribution in [1.29, 1.82) is 0 Å². The number of aryl methyl sites for hydroxylation is 2. The summed E-state index contributed by atoms with van der Waals surface area (Å²) < 4.78 is 35.4. The molecule has 2 aromatic rings. The molecular formula is C23H36N6O4S. The zero-order valence-corrected chi connectivity index (χ0v) is 21.9. The predicted molar refractivity (Wildman–Crippen MR) is 132 cm³/mol. The van der Waals surface area contributed by atoms with Crippen molar-refractivity contribution in [1.82, 2.24) is 24.3 Å². The fraction of sp³-hybridized carbons (Fsp3) is 0.565. The second-order valence-corrected chi connectivity index (χ2v) is 11.0. The van der Waals surface area contributed by atoms with Gasteiger partial charge in [0.1, 0.15) is 17.1 Å². The van der Waals surface area contributed by atoms with Gasteiger partial charge in [-0.25, -0.2) is 8.42 Å². The van der Waals surface area contributed by atoms with E-state index in [4.69, 9.17) is 4.74 Å². The number of aromatic nitrogens is 2. The Balaban J connectivity index is 2.08. The Morgan fingerprint density at radius 1 is 1.15 bits per heavy atom. The fourth-order valence-electron chi connectivity index (χ4n) is 4.07. The van der Waals surface area contributed by atoms with Crippen LogP contribution in [-0.2, 0) is 29.2 Å². The molecule has 2 N–H and O–H groups in total. The lowest BCUT2D eigenvalue weighted by Crippen LogP contribution is -2.53. The minimum absolute atomic E-state index is 0.134. The van der Waals surface area contributed by atoms with Gasteiger partial charge in [-0.15, -0.1) is 0 Å². The van der Waals surface area contributed by atoms with Crippen molar-refractivity contribution in [2.24, 2.45) is 7.05 Å². The highest BCUT2D eigenvalue weighted by Gasteiger charge is 2.41. The molecule has 0 saturated heterocycles. The minimum Gasteiger partial charge on any atom is -0.493 e. The maximum atomic E-state index is 13.3. The lowest BCUT2D eigenvalue weighted by atomic mass is 9.96. The molecule has 1 aliphatic heterocycles. The van der Waals surface area contributed by atoms with Gasteiger partial charge in [0.15, 0.2) is 0 Å². The van der Waals surface area contributed by atoms with Crippen LogP contribution in [0, 0.1) is 0 Å². The van der Waals surface area contributed by atoms with Crippen molar-refractivity contribution in [2.45, 2.75) is 44.2 Å². The molecule has 11 heteroatoms. The molecule has 1 aromatic heterocycles. The predicted octanol–water partition coefficient (Wildman–Crippen LogP) is 1.98. The van der Waals surface area contributed by atoms with E-state index in [2.05, 4.69) is 22.7 Å². The van der Waals surface area contributed by atoms with E-state index in [0.717, 1.165) is 12.1 Å². The summed E-state index contributed by atoms with van der Waals surface area (Å²) in [6, 6.07) is 4.78. The van der Waals surface area contributed by atoms with E-state index in [1.54, 1.807) is 43.9 Å². The summed E-state index contributed by atoms with van der Waals surface area (Å²) in [6.07, 6.45) is 1.59. The summed E-state index contributed by atoms with van der Waals surface area (Å²) in [7, 11) is 3.35. The van der Waals surface area contributed by atoms with Crippen LogP contribution in [0.15, 0.2) is 23.1 Å². The van der Waals surface area contributed by atoms with Crippen LogP contribution in [0.1, 0.15) is 48.9 Å². The van der Waals surface area contributed by atoms with Crippen molar-refractivity contribution in [3.63, 3.8) is 0 Å². The summed E-state index contributed by atoms with van der Waals surface area (Å²) in [5.41, 5.74) is 1.34. The molecule has 34 heavy (non-hydrogen) atoms. The van der Waals surface area contributed by atoms with Crippen LogP contribution >= 0.6 is 0 Å². The zero-order valence-electron chi connectivity index (χ0n) is 21.1.